The second kappa shape index (κ2) is 9.08. The number of carbonyl (C=O) groups is 3. The summed E-state index contributed by atoms with van der Waals surface area (Å²) in [6.45, 7) is 1.50. The van der Waals surface area contributed by atoms with Gasteiger partial charge in [0.25, 0.3) is 0 Å². The molecular formula is C23H21N3O5. The Morgan fingerprint density at radius 1 is 1.10 bits per heavy atom. The van der Waals surface area contributed by atoms with Crippen LogP contribution in [0, 0.1) is 5.41 Å². The highest BCUT2D eigenvalue weighted by Gasteiger charge is 2.34. The molecule has 2 heterocycles. The topological polar surface area (TPSA) is 114 Å². The molecule has 8 nitrogen and oxygen atoms in total. The third-order valence-electron chi connectivity index (χ3n) is 4.83. The fraction of sp³-hybridized carbons (Fsp3) is 0.130. The number of aliphatic carboxylic acids is 2. The van der Waals surface area contributed by atoms with Crippen molar-refractivity contribution in [3.63, 3.8) is 0 Å². The zero-order chi connectivity index (χ0) is 22.4. The normalized spacial score (nSPS) is 17.3. The highest BCUT2D eigenvalue weighted by atomic mass is 16.4. The van der Waals surface area contributed by atoms with Gasteiger partial charge in [0.1, 0.15) is 0 Å². The van der Waals surface area contributed by atoms with Gasteiger partial charge in [0.05, 0.1) is 22.9 Å². The quantitative estimate of drug-likeness (QED) is 0.612. The summed E-state index contributed by atoms with van der Waals surface area (Å²) in [5.41, 5.74) is 0.541. The molecule has 3 aromatic rings. The summed E-state index contributed by atoms with van der Waals surface area (Å²) in [5, 5.41) is 21.8. The zero-order valence-corrected chi connectivity index (χ0v) is 16.8. The lowest BCUT2D eigenvalue weighted by atomic mass is 9.80. The van der Waals surface area contributed by atoms with Gasteiger partial charge in [-0.1, -0.05) is 36.4 Å². The van der Waals surface area contributed by atoms with Crippen molar-refractivity contribution in [1.82, 2.24) is 14.3 Å². The number of carbonyl (C=O) groups excluding carboxylic acids is 1. The first-order valence-electron chi connectivity index (χ1n) is 9.43. The number of aldehydes is 1. The third-order valence-corrected chi connectivity index (χ3v) is 4.83. The Labute approximate surface area is 178 Å². The Balaban J connectivity index is 0.000000187. The second-order valence-electron chi connectivity index (χ2n) is 7.13. The van der Waals surface area contributed by atoms with Gasteiger partial charge in [-0.2, -0.15) is 5.10 Å². The highest BCUT2D eigenvalue weighted by molar-refractivity contribution is 5.90. The van der Waals surface area contributed by atoms with E-state index < -0.39 is 17.4 Å². The van der Waals surface area contributed by atoms with E-state index in [1.54, 1.807) is 10.9 Å². The van der Waals surface area contributed by atoms with E-state index in [1.165, 1.54) is 25.2 Å². The molecule has 0 fully saturated rings. The van der Waals surface area contributed by atoms with E-state index >= 15 is 0 Å². The molecule has 0 spiro atoms. The molecule has 0 aliphatic heterocycles. The summed E-state index contributed by atoms with van der Waals surface area (Å²) in [5.74, 6) is -1.31. The van der Waals surface area contributed by atoms with E-state index in [-0.39, 0.29) is 12.0 Å². The van der Waals surface area contributed by atoms with Crippen molar-refractivity contribution in [2.75, 3.05) is 0 Å². The molecule has 4 rings (SSSR count). The monoisotopic (exact) mass is 419 g/mol. The lowest BCUT2D eigenvalue weighted by Gasteiger charge is -2.23. The van der Waals surface area contributed by atoms with Crippen LogP contribution in [-0.4, -0.2) is 42.8 Å². The molecule has 2 aromatic heterocycles. The van der Waals surface area contributed by atoms with Crippen molar-refractivity contribution >= 4 is 18.2 Å². The predicted octanol–water partition coefficient (Wildman–Crippen LogP) is 3.52. The van der Waals surface area contributed by atoms with Crippen molar-refractivity contribution in [2.24, 2.45) is 5.41 Å². The van der Waals surface area contributed by atoms with E-state index in [0.29, 0.717) is 5.56 Å². The van der Waals surface area contributed by atoms with Crippen LogP contribution in [-0.2, 0) is 9.59 Å². The SMILES string of the molecule is CC1(C(=O)O)C=CC=C(C(=O)O)C1.O=Cc1cnn(-c2ccccc2)c1-n1cccc1. The van der Waals surface area contributed by atoms with E-state index in [0.717, 1.165) is 17.8 Å². The van der Waals surface area contributed by atoms with Crippen LogP contribution in [0.1, 0.15) is 23.7 Å². The maximum atomic E-state index is 11.1. The number of nitrogens with zero attached hydrogens (tertiary/aromatic N) is 3. The Bertz CT molecular complexity index is 1140. The van der Waals surface area contributed by atoms with Gasteiger partial charge in [0, 0.05) is 18.0 Å². The molecule has 1 aliphatic carbocycles. The van der Waals surface area contributed by atoms with Crippen LogP contribution in [0.2, 0.25) is 0 Å². The Morgan fingerprint density at radius 2 is 1.77 bits per heavy atom. The van der Waals surface area contributed by atoms with Crippen molar-refractivity contribution < 1.29 is 24.6 Å². The standard InChI is InChI=1S/C14H11N3O.C9H10O4/c18-11-12-10-15-17(13-6-2-1-3-7-13)14(12)16-8-4-5-9-16;1-9(8(12)13)4-2-3-6(5-9)7(10)11/h1-11H;2-4H,5H2,1H3,(H,10,11)(H,12,13). The number of aromatic nitrogens is 3. The van der Waals surface area contributed by atoms with Crippen LogP contribution in [0.15, 0.2) is 84.9 Å². The molecular weight excluding hydrogens is 398 g/mol. The van der Waals surface area contributed by atoms with Crippen molar-refractivity contribution in [1.29, 1.82) is 0 Å². The van der Waals surface area contributed by atoms with Crippen LogP contribution in [0.3, 0.4) is 0 Å². The number of rotatable bonds is 5. The first-order chi connectivity index (χ1) is 14.9. The van der Waals surface area contributed by atoms with Gasteiger partial charge in [-0.15, -0.1) is 0 Å². The smallest absolute Gasteiger partial charge is 0.331 e. The minimum absolute atomic E-state index is 0.0359. The fourth-order valence-electron chi connectivity index (χ4n) is 3.11. The molecule has 1 unspecified atom stereocenters. The van der Waals surface area contributed by atoms with Crippen LogP contribution >= 0.6 is 0 Å². The molecule has 1 aromatic carbocycles. The molecule has 158 valence electrons. The summed E-state index contributed by atoms with van der Waals surface area (Å²) in [6, 6.07) is 13.6. The lowest BCUT2D eigenvalue weighted by molar-refractivity contribution is -0.145. The van der Waals surface area contributed by atoms with Crippen molar-refractivity contribution in [3.05, 3.63) is 90.4 Å². The minimum Gasteiger partial charge on any atom is -0.481 e. The number of para-hydroxylation sites is 1. The highest BCUT2D eigenvalue weighted by Crippen LogP contribution is 2.31. The first-order valence-corrected chi connectivity index (χ1v) is 9.43. The van der Waals surface area contributed by atoms with E-state index in [1.807, 2.05) is 59.4 Å². The molecule has 0 saturated heterocycles. The summed E-state index contributed by atoms with van der Waals surface area (Å²) >= 11 is 0. The molecule has 1 aliphatic rings. The van der Waals surface area contributed by atoms with Crippen molar-refractivity contribution in [2.45, 2.75) is 13.3 Å². The maximum absolute atomic E-state index is 11.1. The van der Waals surface area contributed by atoms with Crippen LogP contribution in [0.25, 0.3) is 11.5 Å². The average molecular weight is 419 g/mol. The largest absolute Gasteiger partial charge is 0.481 e. The van der Waals surface area contributed by atoms with E-state index in [2.05, 4.69) is 5.10 Å². The molecule has 0 radical (unpaired) electrons. The maximum Gasteiger partial charge on any atom is 0.331 e. The Morgan fingerprint density at radius 3 is 2.35 bits per heavy atom. The van der Waals surface area contributed by atoms with Gasteiger partial charge in [0.2, 0.25) is 0 Å². The number of carboxylic acid groups (broad SMARTS) is 2. The Hall–Kier alpha value is -4.20. The molecule has 0 amide bonds. The molecule has 8 heteroatoms. The second-order valence-corrected chi connectivity index (χ2v) is 7.13. The van der Waals surface area contributed by atoms with Gasteiger partial charge >= 0.3 is 11.9 Å². The first kappa shape index (κ1) is 21.5. The van der Waals surface area contributed by atoms with Gasteiger partial charge in [-0.05, 0) is 37.6 Å². The summed E-state index contributed by atoms with van der Waals surface area (Å²) in [6.07, 6.45) is 10.6. The van der Waals surface area contributed by atoms with Gasteiger partial charge in [0.15, 0.2) is 12.1 Å². The molecule has 0 saturated carbocycles. The number of hydrogen-bond acceptors (Lipinski definition) is 4. The summed E-state index contributed by atoms with van der Waals surface area (Å²) in [4.78, 5) is 32.4. The number of carboxylic acids is 2. The van der Waals surface area contributed by atoms with Gasteiger partial charge in [-0.25, -0.2) is 9.48 Å². The Kier molecular flexibility index (Phi) is 6.30. The van der Waals surface area contributed by atoms with Crippen molar-refractivity contribution in [3.8, 4) is 11.5 Å². The fourth-order valence-corrected chi connectivity index (χ4v) is 3.11. The van der Waals surface area contributed by atoms with Crippen LogP contribution in [0.4, 0.5) is 0 Å². The predicted molar refractivity (Wildman–Crippen MR) is 113 cm³/mol. The number of allylic oxidation sites excluding steroid dienone is 2. The average Bonchev–Trinajstić information content (AvgIpc) is 3.44. The van der Waals surface area contributed by atoms with E-state index in [9.17, 15) is 14.4 Å². The molecule has 31 heavy (non-hydrogen) atoms. The van der Waals surface area contributed by atoms with Gasteiger partial charge in [-0.3, -0.25) is 9.59 Å². The molecule has 2 N–H and O–H groups in total. The third kappa shape index (κ3) is 4.69. The minimum atomic E-state index is -1.08. The summed E-state index contributed by atoms with van der Waals surface area (Å²) in [7, 11) is 0. The molecule has 0 bridgehead atoms. The zero-order valence-electron chi connectivity index (χ0n) is 16.8. The van der Waals surface area contributed by atoms with Crippen LogP contribution in [0.5, 0.6) is 0 Å². The summed E-state index contributed by atoms with van der Waals surface area (Å²) < 4.78 is 3.63. The van der Waals surface area contributed by atoms with E-state index in [4.69, 9.17) is 10.2 Å². The van der Waals surface area contributed by atoms with Crippen LogP contribution < -0.4 is 0 Å². The van der Waals surface area contributed by atoms with Gasteiger partial charge < -0.3 is 14.8 Å². The molecule has 1 atom stereocenters. The number of benzene rings is 1. The number of hydrogen-bond donors (Lipinski definition) is 2. The lowest BCUT2D eigenvalue weighted by Crippen LogP contribution is -2.28.